The Hall–Kier alpha value is -1.67. The number of hydrogen-bond donors (Lipinski definition) is 1. The van der Waals surface area contributed by atoms with Crippen molar-refractivity contribution in [2.45, 2.75) is 32.4 Å². The average molecular weight is 255 g/mol. The molecule has 1 aliphatic rings. The molecule has 0 spiro atoms. The van der Waals surface area contributed by atoms with Crippen LogP contribution in [0.2, 0.25) is 0 Å². The highest BCUT2D eigenvalue weighted by Gasteiger charge is 2.21. The van der Waals surface area contributed by atoms with Crippen LogP contribution in [0.5, 0.6) is 0 Å². The molecule has 1 unspecified atom stereocenters. The minimum absolute atomic E-state index is 0.175. The quantitative estimate of drug-likeness (QED) is 0.876. The molecular weight excluding hydrogens is 237 g/mol. The van der Waals surface area contributed by atoms with E-state index in [1.54, 1.807) is 0 Å². The van der Waals surface area contributed by atoms with E-state index in [2.05, 4.69) is 30.4 Å². The summed E-state index contributed by atoms with van der Waals surface area (Å²) in [4.78, 5) is 0. The summed E-state index contributed by atoms with van der Waals surface area (Å²) < 4.78 is 12.8. The van der Waals surface area contributed by atoms with Crippen LogP contribution in [0, 0.1) is 12.7 Å². The number of fused-ring (bicyclic) bond motifs is 1. The molecule has 0 saturated heterocycles. The fourth-order valence-corrected chi connectivity index (χ4v) is 2.78. The molecule has 98 valence electrons. The molecule has 0 bridgehead atoms. The van der Waals surface area contributed by atoms with E-state index in [-0.39, 0.29) is 5.82 Å². The molecule has 0 aliphatic heterocycles. The lowest BCUT2D eigenvalue weighted by molar-refractivity contribution is 0.529. The summed E-state index contributed by atoms with van der Waals surface area (Å²) in [6, 6.07) is 13.9. The summed E-state index contributed by atoms with van der Waals surface area (Å²) in [7, 11) is 0. The summed E-state index contributed by atoms with van der Waals surface area (Å²) >= 11 is 0. The minimum Gasteiger partial charge on any atom is -0.306 e. The summed E-state index contributed by atoms with van der Waals surface area (Å²) in [6.07, 6.45) is 2.30. The molecule has 3 rings (SSSR count). The first kappa shape index (κ1) is 12.4. The maximum Gasteiger partial charge on any atom is 0.123 e. The van der Waals surface area contributed by atoms with Crippen molar-refractivity contribution in [3.63, 3.8) is 0 Å². The van der Waals surface area contributed by atoms with Crippen LogP contribution in [0.15, 0.2) is 42.5 Å². The van der Waals surface area contributed by atoms with E-state index < -0.39 is 0 Å². The van der Waals surface area contributed by atoms with Crippen LogP contribution in [0.3, 0.4) is 0 Å². The Bertz CT molecular complexity index is 574. The molecule has 1 atom stereocenters. The van der Waals surface area contributed by atoms with E-state index >= 15 is 0 Å². The van der Waals surface area contributed by atoms with Gasteiger partial charge in [0.05, 0.1) is 0 Å². The summed E-state index contributed by atoms with van der Waals surface area (Å²) in [5, 5.41) is 3.58. The Labute approximate surface area is 113 Å². The maximum atomic E-state index is 12.8. The van der Waals surface area contributed by atoms with Crippen molar-refractivity contribution in [1.29, 1.82) is 0 Å². The fourth-order valence-electron chi connectivity index (χ4n) is 2.78. The van der Waals surface area contributed by atoms with E-state index in [4.69, 9.17) is 0 Å². The molecule has 2 aromatic carbocycles. The van der Waals surface area contributed by atoms with Crippen LogP contribution in [0.25, 0.3) is 0 Å². The van der Waals surface area contributed by atoms with Gasteiger partial charge in [0.2, 0.25) is 0 Å². The monoisotopic (exact) mass is 255 g/mol. The van der Waals surface area contributed by atoms with Gasteiger partial charge in [0.15, 0.2) is 0 Å². The van der Waals surface area contributed by atoms with Crippen molar-refractivity contribution in [2.75, 3.05) is 0 Å². The fraction of sp³-hybridized carbons (Fsp3) is 0.294. The molecule has 0 aromatic heterocycles. The summed E-state index contributed by atoms with van der Waals surface area (Å²) in [6.45, 7) is 2.92. The van der Waals surface area contributed by atoms with E-state index in [0.717, 1.165) is 24.9 Å². The van der Waals surface area contributed by atoms with E-state index in [1.807, 2.05) is 12.1 Å². The zero-order valence-electron chi connectivity index (χ0n) is 11.1. The highest BCUT2D eigenvalue weighted by atomic mass is 19.1. The highest BCUT2D eigenvalue weighted by molar-refractivity contribution is 5.37. The lowest BCUT2D eigenvalue weighted by Crippen LogP contribution is -2.18. The Kier molecular flexibility index (Phi) is 3.34. The third-order valence-corrected chi connectivity index (χ3v) is 3.84. The van der Waals surface area contributed by atoms with Gasteiger partial charge in [0.25, 0.3) is 0 Å². The van der Waals surface area contributed by atoms with E-state index in [0.29, 0.717) is 6.04 Å². The predicted octanol–water partition coefficient (Wildman–Crippen LogP) is 3.91. The molecule has 19 heavy (non-hydrogen) atoms. The molecule has 0 heterocycles. The van der Waals surface area contributed by atoms with E-state index in [1.165, 1.54) is 28.8 Å². The SMILES string of the molecule is Cc1ccc2c(c1)C(NCc1ccc(F)cc1)CC2. The third kappa shape index (κ3) is 2.69. The van der Waals surface area contributed by atoms with Crippen LogP contribution in [0.4, 0.5) is 4.39 Å². The van der Waals surface area contributed by atoms with Crippen LogP contribution in [-0.2, 0) is 13.0 Å². The van der Waals surface area contributed by atoms with Gasteiger partial charge in [-0.15, -0.1) is 0 Å². The zero-order chi connectivity index (χ0) is 13.2. The molecule has 1 aliphatic carbocycles. The summed E-state index contributed by atoms with van der Waals surface area (Å²) in [5.74, 6) is -0.175. The number of nitrogens with one attached hydrogen (secondary N) is 1. The van der Waals surface area contributed by atoms with Crippen LogP contribution in [-0.4, -0.2) is 0 Å². The van der Waals surface area contributed by atoms with Gasteiger partial charge in [-0.2, -0.15) is 0 Å². The van der Waals surface area contributed by atoms with Gasteiger partial charge in [-0.25, -0.2) is 4.39 Å². The van der Waals surface area contributed by atoms with Gasteiger partial charge >= 0.3 is 0 Å². The molecule has 0 amide bonds. The molecule has 2 aromatic rings. The predicted molar refractivity (Wildman–Crippen MR) is 75.5 cm³/mol. The Morgan fingerprint density at radius 1 is 1.16 bits per heavy atom. The molecule has 0 fully saturated rings. The second-order valence-corrected chi connectivity index (χ2v) is 5.30. The lowest BCUT2D eigenvalue weighted by atomic mass is 10.0. The Morgan fingerprint density at radius 3 is 2.74 bits per heavy atom. The minimum atomic E-state index is -0.175. The molecule has 1 nitrogen and oxygen atoms in total. The van der Waals surface area contributed by atoms with Crippen molar-refractivity contribution < 1.29 is 4.39 Å². The molecule has 2 heteroatoms. The van der Waals surface area contributed by atoms with Gasteiger partial charge in [0, 0.05) is 12.6 Å². The first-order valence-corrected chi connectivity index (χ1v) is 6.79. The van der Waals surface area contributed by atoms with Gasteiger partial charge in [0.1, 0.15) is 5.82 Å². The Morgan fingerprint density at radius 2 is 1.95 bits per heavy atom. The standard InChI is InChI=1S/C17H18FN/c1-12-2-5-14-6-9-17(16(14)10-12)19-11-13-3-7-15(18)8-4-13/h2-5,7-8,10,17,19H,6,9,11H2,1H3. The average Bonchev–Trinajstić information content (AvgIpc) is 2.80. The van der Waals surface area contributed by atoms with E-state index in [9.17, 15) is 4.39 Å². The number of hydrogen-bond acceptors (Lipinski definition) is 1. The maximum absolute atomic E-state index is 12.8. The van der Waals surface area contributed by atoms with Crippen LogP contribution in [0.1, 0.15) is 34.7 Å². The number of aryl methyl sites for hydroxylation is 2. The summed E-state index contributed by atoms with van der Waals surface area (Å²) in [5.41, 5.74) is 5.33. The molecule has 1 N–H and O–H groups in total. The zero-order valence-corrected chi connectivity index (χ0v) is 11.1. The second kappa shape index (κ2) is 5.14. The second-order valence-electron chi connectivity index (χ2n) is 5.30. The third-order valence-electron chi connectivity index (χ3n) is 3.84. The first-order chi connectivity index (χ1) is 9.22. The first-order valence-electron chi connectivity index (χ1n) is 6.79. The van der Waals surface area contributed by atoms with Gasteiger partial charge in [-0.1, -0.05) is 35.9 Å². The topological polar surface area (TPSA) is 12.0 Å². The normalized spacial score (nSPS) is 17.5. The van der Waals surface area contributed by atoms with Gasteiger partial charge < -0.3 is 5.32 Å². The van der Waals surface area contributed by atoms with Crippen molar-refractivity contribution in [2.24, 2.45) is 0 Å². The van der Waals surface area contributed by atoms with Crippen molar-refractivity contribution in [1.82, 2.24) is 5.32 Å². The van der Waals surface area contributed by atoms with Crippen molar-refractivity contribution >= 4 is 0 Å². The Balaban J connectivity index is 1.69. The van der Waals surface area contributed by atoms with Gasteiger partial charge in [-0.3, -0.25) is 0 Å². The molecule has 0 radical (unpaired) electrons. The van der Waals surface area contributed by atoms with Crippen molar-refractivity contribution in [3.05, 3.63) is 70.5 Å². The van der Waals surface area contributed by atoms with Crippen LogP contribution < -0.4 is 5.32 Å². The largest absolute Gasteiger partial charge is 0.306 e. The number of halogens is 1. The number of benzene rings is 2. The highest BCUT2D eigenvalue weighted by Crippen LogP contribution is 2.31. The lowest BCUT2D eigenvalue weighted by Gasteiger charge is -2.14. The molecular formula is C17H18FN. The van der Waals surface area contributed by atoms with Gasteiger partial charge in [-0.05, 0) is 48.6 Å². The smallest absolute Gasteiger partial charge is 0.123 e. The van der Waals surface area contributed by atoms with Crippen molar-refractivity contribution in [3.8, 4) is 0 Å². The van der Waals surface area contributed by atoms with Crippen LogP contribution >= 0.6 is 0 Å². The molecule has 0 saturated carbocycles. The number of rotatable bonds is 3.